The predicted octanol–water partition coefficient (Wildman–Crippen LogP) is 1.84. The summed E-state index contributed by atoms with van der Waals surface area (Å²) in [7, 11) is 0. The molecule has 2 heterocycles. The van der Waals surface area contributed by atoms with E-state index >= 15 is 0 Å². The number of aliphatic imine (C=N–C) groups is 1. The lowest BCUT2D eigenvalue weighted by molar-refractivity contribution is 0.280. The lowest BCUT2D eigenvalue weighted by Crippen LogP contribution is -1.99. The molecule has 2 rings (SSSR count). The van der Waals surface area contributed by atoms with Crippen molar-refractivity contribution >= 4 is 6.21 Å². The van der Waals surface area contributed by atoms with Crippen LogP contribution in [0, 0.1) is 6.92 Å². The fraction of sp³-hybridized carbons (Fsp3) is 0.286. The number of hydrogen-bond acceptors (Lipinski definition) is 5. The van der Waals surface area contributed by atoms with E-state index in [4.69, 9.17) is 4.42 Å². The Kier molecular flexibility index (Phi) is 4.30. The second-order valence-electron chi connectivity index (χ2n) is 4.15. The summed E-state index contributed by atoms with van der Waals surface area (Å²) < 4.78 is 5.20. The third-order valence-corrected chi connectivity index (χ3v) is 2.82. The van der Waals surface area contributed by atoms with E-state index < -0.39 is 0 Å². The molecule has 0 fully saturated rings. The number of nitrogens with zero attached hydrogens (tertiary/aromatic N) is 2. The molecule has 5 heteroatoms. The van der Waals surface area contributed by atoms with E-state index in [1.165, 1.54) is 0 Å². The molecule has 2 aromatic heterocycles. The maximum atomic E-state index is 9.91. The monoisotopic (exact) mass is 260 g/mol. The highest BCUT2D eigenvalue weighted by Crippen LogP contribution is 2.21. The van der Waals surface area contributed by atoms with Crippen molar-refractivity contribution in [3.63, 3.8) is 0 Å². The van der Waals surface area contributed by atoms with Crippen molar-refractivity contribution in [1.29, 1.82) is 0 Å². The van der Waals surface area contributed by atoms with Gasteiger partial charge in [0.15, 0.2) is 0 Å². The largest absolute Gasteiger partial charge is 0.505 e. The Bertz CT molecular complexity index is 562. The standard InChI is InChI=1S/C14H16N2O3/c1-10-14(18)13(11(9-17)7-16-10)8-15-5-4-12-3-2-6-19-12/h2-3,6-8,17-18H,4-5,9H2,1H3. The maximum Gasteiger partial charge on any atom is 0.145 e. The van der Waals surface area contributed by atoms with Gasteiger partial charge in [-0.3, -0.25) is 9.98 Å². The van der Waals surface area contributed by atoms with E-state index in [-0.39, 0.29) is 12.4 Å². The van der Waals surface area contributed by atoms with Gasteiger partial charge in [-0.25, -0.2) is 0 Å². The first kappa shape index (κ1) is 13.3. The Balaban J connectivity index is 2.07. The summed E-state index contributed by atoms with van der Waals surface area (Å²) in [5.41, 5.74) is 1.60. The maximum absolute atomic E-state index is 9.91. The minimum absolute atomic E-state index is 0.0632. The van der Waals surface area contributed by atoms with E-state index in [1.807, 2.05) is 12.1 Å². The van der Waals surface area contributed by atoms with Crippen molar-refractivity contribution in [3.05, 3.63) is 47.2 Å². The second kappa shape index (κ2) is 6.15. The Labute approximate surface area is 111 Å². The molecule has 0 amide bonds. The van der Waals surface area contributed by atoms with Crippen molar-refractivity contribution in [1.82, 2.24) is 4.98 Å². The molecule has 5 nitrogen and oxygen atoms in total. The molecule has 2 aromatic rings. The average Bonchev–Trinajstić information content (AvgIpc) is 2.92. The van der Waals surface area contributed by atoms with E-state index in [9.17, 15) is 10.2 Å². The lowest BCUT2D eigenvalue weighted by atomic mass is 10.1. The highest BCUT2D eigenvalue weighted by molar-refractivity contribution is 5.85. The molecule has 0 bridgehead atoms. The molecular weight excluding hydrogens is 244 g/mol. The Hall–Kier alpha value is -2.14. The zero-order chi connectivity index (χ0) is 13.7. The molecule has 2 N–H and O–H groups in total. The van der Waals surface area contributed by atoms with Gasteiger partial charge in [-0.2, -0.15) is 0 Å². The quantitative estimate of drug-likeness (QED) is 0.804. The number of aliphatic hydroxyl groups is 1. The van der Waals surface area contributed by atoms with Gasteiger partial charge in [0.2, 0.25) is 0 Å². The Morgan fingerprint density at radius 1 is 1.47 bits per heavy atom. The molecule has 0 spiro atoms. The highest BCUT2D eigenvalue weighted by Gasteiger charge is 2.08. The Morgan fingerprint density at radius 3 is 3.00 bits per heavy atom. The SMILES string of the molecule is Cc1ncc(CO)c(C=NCCc2ccco2)c1O. The lowest BCUT2D eigenvalue weighted by Gasteiger charge is -2.06. The summed E-state index contributed by atoms with van der Waals surface area (Å²) in [5, 5.41) is 19.1. The summed E-state index contributed by atoms with van der Waals surface area (Å²) in [6, 6.07) is 3.73. The summed E-state index contributed by atoms with van der Waals surface area (Å²) in [6.07, 6.45) is 5.44. The topological polar surface area (TPSA) is 78.9 Å². The zero-order valence-corrected chi connectivity index (χ0v) is 10.7. The second-order valence-corrected chi connectivity index (χ2v) is 4.15. The van der Waals surface area contributed by atoms with Gasteiger partial charge in [-0.05, 0) is 19.1 Å². The van der Waals surface area contributed by atoms with Crippen LogP contribution < -0.4 is 0 Å². The van der Waals surface area contributed by atoms with Crippen LogP contribution in [-0.2, 0) is 13.0 Å². The molecule has 100 valence electrons. The number of aryl methyl sites for hydroxylation is 1. The number of aromatic nitrogens is 1. The van der Waals surface area contributed by atoms with Crippen LogP contribution in [0.2, 0.25) is 0 Å². The first-order valence-electron chi connectivity index (χ1n) is 6.03. The molecule has 0 unspecified atom stereocenters. The first-order chi connectivity index (χ1) is 9.22. The average molecular weight is 260 g/mol. The van der Waals surface area contributed by atoms with Gasteiger partial charge in [0, 0.05) is 36.5 Å². The predicted molar refractivity (Wildman–Crippen MR) is 71.4 cm³/mol. The molecule has 0 aliphatic rings. The van der Waals surface area contributed by atoms with Gasteiger partial charge in [-0.15, -0.1) is 0 Å². The molecule has 0 saturated carbocycles. The molecule has 0 atom stereocenters. The van der Waals surface area contributed by atoms with Gasteiger partial charge in [0.25, 0.3) is 0 Å². The molecular formula is C14H16N2O3. The fourth-order valence-electron chi connectivity index (χ4n) is 1.71. The van der Waals surface area contributed by atoms with E-state index in [2.05, 4.69) is 9.98 Å². The van der Waals surface area contributed by atoms with Crippen LogP contribution in [-0.4, -0.2) is 28.0 Å². The minimum atomic E-state index is -0.180. The zero-order valence-electron chi connectivity index (χ0n) is 10.7. The third kappa shape index (κ3) is 3.20. The van der Waals surface area contributed by atoms with Crippen LogP contribution in [0.4, 0.5) is 0 Å². The van der Waals surface area contributed by atoms with Crippen LogP contribution in [0.3, 0.4) is 0 Å². The number of furan rings is 1. The van der Waals surface area contributed by atoms with Crippen molar-refractivity contribution < 1.29 is 14.6 Å². The number of aromatic hydroxyl groups is 1. The molecule has 0 radical (unpaired) electrons. The summed E-state index contributed by atoms with van der Waals surface area (Å²) >= 11 is 0. The minimum Gasteiger partial charge on any atom is -0.505 e. The van der Waals surface area contributed by atoms with Crippen LogP contribution in [0.5, 0.6) is 5.75 Å². The van der Waals surface area contributed by atoms with Gasteiger partial charge in [0.1, 0.15) is 11.5 Å². The molecule has 19 heavy (non-hydrogen) atoms. The third-order valence-electron chi connectivity index (χ3n) is 2.82. The van der Waals surface area contributed by atoms with Crippen molar-refractivity contribution in [2.45, 2.75) is 20.0 Å². The van der Waals surface area contributed by atoms with Crippen LogP contribution in [0.1, 0.15) is 22.6 Å². The normalized spacial score (nSPS) is 11.3. The number of rotatable bonds is 5. The smallest absolute Gasteiger partial charge is 0.145 e. The van der Waals surface area contributed by atoms with E-state index in [1.54, 1.807) is 25.6 Å². The van der Waals surface area contributed by atoms with Crippen LogP contribution in [0.15, 0.2) is 34.0 Å². The van der Waals surface area contributed by atoms with Crippen molar-refractivity contribution in [2.75, 3.05) is 6.54 Å². The van der Waals surface area contributed by atoms with Gasteiger partial charge in [0.05, 0.1) is 18.6 Å². The van der Waals surface area contributed by atoms with E-state index in [0.717, 1.165) is 5.76 Å². The van der Waals surface area contributed by atoms with Gasteiger partial charge in [-0.1, -0.05) is 0 Å². The molecule has 0 aromatic carbocycles. The van der Waals surface area contributed by atoms with Crippen LogP contribution in [0.25, 0.3) is 0 Å². The highest BCUT2D eigenvalue weighted by atomic mass is 16.3. The van der Waals surface area contributed by atoms with E-state index in [0.29, 0.717) is 29.8 Å². The van der Waals surface area contributed by atoms with Crippen LogP contribution >= 0.6 is 0 Å². The molecule has 0 saturated heterocycles. The van der Waals surface area contributed by atoms with Gasteiger partial charge >= 0.3 is 0 Å². The Morgan fingerprint density at radius 2 is 2.32 bits per heavy atom. The fourth-order valence-corrected chi connectivity index (χ4v) is 1.71. The summed E-state index contributed by atoms with van der Waals surface area (Å²) in [6.45, 7) is 2.08. The molecule has 0 aliphatic heterocycles. The number of aliphatic hydroxyl groups excluding tert-OH is 1. The number of pyridine rings is 1. The first-order valence-corrected chi connectivity index (χ1v) is 6.03. The van der Waals surface area contributed by atoms with Crippen molar-refractivity contribution in [3.8, 4) is 5.75 Å². The molecule has 0 aliphatic carbocycles. The van der Waals surface area contributed by atoms with Crippen molar-refractivity contribution in [2.24, 2.45) is 4.99 Å². The number of hydrogen-bond donors (Lipinski definition) is 2. The summed E-state index contributed by atoms with van der Waals surface area (Å²) in [5.74, 6) is 0.933. The van der Waals surface area contributed by atoms with Gasteiger partial charge < -0.3 is 14.6 Å². The summed E-state index contributed by atoms with van der Waals surface area (Å²) in [4.78, 5) is 8.24.